The number of carbonyl (C=O) groups excluding carboxylic acids is 9. The number of carboxylic acids is 1. The van der Waals surface area contributed by atoms with E-state index in [1.54, 1.807) is 39.9 Å². The average molecular weight is 1040 g/mol. The summed E-state index contributed by atoms with van der Waals surface area (Å²) in [4.78, 5) is 127. The van der Waals surface area contributed by atoms with Crippen molar-refractivity contribution in [3.8, 4) is 0 Å². The highest BCUT2D eigenvalue weighted by Crippen LogP contribution is 2.18. The van der Waals surface area contributed by atoms with E-state index in [2.05, 4.69) is 36.1 Å². The molecule has 71 heavy (non-hydrogen) atoms. The zero-order chi connectivity index (χ0) is 55.3. The maximum absolute atomic E-state index is 13.9. The summed E-state index contributed by atoms with van der Waals surface area (Å²) in [5.74, 6) is -18.6. The third-order valence-corrected chi connectivity index (χ3v) is 9.99. The molecule has 0 rings (SSSR count). The van der Waals surface area contributed by atoms with Gasteiger partial charge in [0.15, 0.2) is 12.0 Å². The van der Waals surface area contributed by atoms with E-state index in [9.17, 15) is 89.6 Å². The smallest absolute Gasteiger partial charge is 0.480 e. The second kappa shape index (κ2) is 29.6. The number of hydrogen-bond acceptors (Lipinski definition) is 16. The first-order chi connectivity index (χ1) is 32.6. The molecular weight excluding hydrogens is 976 g/mol. The Bertz CT molecular complexity index is 1890. The van der Waals surface area contributed by atoms with E-state index in [-0.39, 0.29) is 25.8 Å². The summed E-state index contributed by atoms with van der Waals surface area (Å²) in [6, 6.07) is -12.6. The number of aliphatic carboxylic acids is 1. The maximum atomic E-state index is 13.9. The molecule has 0 heterocycles. The highest BCUT2D eigenvalue weighted by Gasteiger charge is 2.44. The number of aliphatic hydroxyl groups is 2. The van der Waals surface area contributed by atoms with Crippen LogP contribution in [0.2, 0.25) is 0 Å². The van der Waals surface area contributed by atoms with Gasteiger partial charge in [0.2, 0.25) is 41.4 Å². The number of nitrogens with one attached hydrogen (secondary N) is 9. The molecule has 0 saturated carbocycles. The van der Waals surface area contributed by atoms with Gasteiger partial charge in [-0.3, -0.25) is 39.0 Å². The van der Waals surface area contributed by atoms with Gasteiger partial charge in [0.25, 0.3) is 0 Å². The highest BCUT2D eigenvalue weighted by atomic mass is 19.4. The first kappa shape index (κ1) is 64.4. The number of amides is 7. The minimum absolute atomic E-state index is 0.0389. The number of ether oxygens (including phenoxy) is 2. The molecule has 0 aromatic rings. The van der Waals surface area contributed by atoms with Crippen LogP contribution in [0.5, 0.6) is 0 Å². The summed E-state index contributed by atoms with van der Waals surface area (Å²) in [6.07, 6.45) is -14.2. The molecule has 0 radical (unpaired) electrons. The average Bonchev–Trinajstić information content (AvgIpc) is 3.26. The molecule has 0 aromatic heterocycles. The van der Waals surface area contributed by atoms with Crippen LogP contribution in [0.4, 0.5) is 26.3 Å². The zero-order valence-corrected chi connectivity index (χ0v) is 39.5. The number of alkyl halides is 6. The lowest BCUT2D eigenvalue weighted by atomic mass is 9.96. The molecule has 0 unspecified atom stereocenters. The summed E-state index contributed by atoms with van der Waals surface area (Å²) < 4.78 is 83.8. The lowest BCUT2D eigenvalue weighted by molar-refractivity contribution is -0.201. The fourth-order valence-corrected chi connectivity index (χ4v) is 5.65. The fraction of sp³-hybridized carbons (Fsp3) is 0.718. The number of carboxylic acid groups (broad SMARTS) is 1. The van der Waals surface area contributed by atoms with Crippen molar-refractivity contribution in [2.24, 2.45) is 29.2 Å². The van der Waals surface area contributed by atoms with Crippen LogP contribution in [-0.2, 0) is 57.4 Å². The monoisotopic (exact) mass is 1040 g/mol. The van der Waals surface area contributed by atoms with E-state index in [4.69, 9.17) is 16.9 Å². The molecule has 0 aromatic carbocycles. The molecule has 26 nitrogen and oxygen atoms in total. The van der Waals surface area contributed by atoms with E-state index in [0.717, 1.165) is 6.92 Å². The Hall–Kier alpha value is -6.57. The van der Waals surface area contributed by atoms with Gasteiger partial charge in [0, 0.05) is 6.54 Å². The van der Waals surface area contributed by atoms with E-state index in [1.807, 2.05) is 5.32 Å². The third kappa shape index (κ3) is 23.3. The predicted molar refractivity (Wildman–Crippen MR) is 230 cm³/mol. The molecule has 0 bridgehead atoms. The summed E-state index contributed by atoms with van der Waals surface area (Å²) >= 11 is 0. The Morgan fingerprint density at radius 2 is 1.07 bits per heavy atom. The Morgan fingerprint density at radius 3 is 1.52 bits per heavy atom. The van der Waals surface area contributed by atoms with Crippen molar-refractivity contribution in [1.82, 2.24) is 42.5 Å². The van der Waals surface area contributed by atoms with Crippen molar-refractivity contribution in [1.29, 1.82) is 5.41 Å². The Morgan fingerprint density at radius 1 is 0.606 bits per heavy atom. The third-order valence-electron chi connectivity index (χ3n) is 9.99. The van der Waals surface area contributed by atoms with Crippen LogP contribution in [0, 0.1) is 23.2 Å². The van der Waals surface area contributed by atoms with E-state index >= 15 is 0 Å². The molecule has 0 spiro atoms. The molecule has 10 atom stereocenters. The molecule has 0 saturated heterocycles. The summed E-state index contributed by atoms with van der Waals surface area (Å²) in [7, 11) is 0. The largest absolute Gasteiger partial charge is 0.490 e. The number of hydrogen-bond donors (Lipinski definition) is 14. The molecule has 7 amide bonds. The number of esters is 2. The van der Waals surface area contributed by atoms with Crippen molar-refractivity contribution in [2.45, 2.75) is 135 Å². The topological polar surface area (TPSA) is 422 Å². The fourth-order valence-electron chi connectivity index (χ4n) is 5.65. The van der Waals surface area contributed by atoms with Crippen LogP contribution in [0.25, 0.3) is 0 Å². The summed E-state index contributed by atoms with van der Waals surface area (Å²) in [5.41, 5.74) is 11.2. The Balaban J connectivity index is 6.39. The SMILES string of the molecule is CC[C@H](C)[C@H](NC(=O)[C@@H](CCCNC(=N)N)NC(=O)[C@@H](NC(=O)[C@@H](N)[C@H](O)C(C)C)C(C)C)C(=O)N[C@H](C(=O)NCC(=O)N[C@@H](COC(=O)C(F)(F)F)C(=O)N[C@@H](COC(=O)C(F)(F)F)C(=O)O)[C@H](C)O. The second-order valence-electron chi connectivity index (χ2n) is 16.6. The van der Waals surface area contributed by atoms with Crippen molar-refractivity contribution < 1.29 is 99.1 Å². The Kier molecular flexibility index (Phi) is 26.8. The van der Waals surface area contributed by atoms with Crippen LogP contribution in [-0.4, -0.2) is 174 Å². The molecule has 16 N–H and O–H groups in total. The molecule has 0 aliphatic rings. The summed E-state index contributed by atoms with van der Waals surface area (Å²) in [6.45, 7) is 5.89. The van der Waals surface area contributed by atoms with E-state index in [0.29, 0.717) is 0 Å². The molecule has 0 fully saturated rings. The lowest BCUT2D eigenvalue weighted by Crippen LogP contribution is -2.62. The molecule has 0 aliphatic heterocycles. The number of guanidine groups is 1. The van der Waals surface area contributed by atoms with Gasteiger partial charge in [0.05, 0.1) is 18.8 Å². The van der Waals surface area contributed by atoms with Crippen LogP contribution < -0.4 is 54.0 Å². The number of rotatable bonds is 29. The van der Waals surface area contributed by atoms with Gasteiger partial charge in [-0.25, -0.2) is 14.4 Å². The quantitative estimate of drug-likeness (QED) is 0.0112. The highest BCUT2D eigenvalue weighted by molar-refractivity contribution is 5.97. The van der Waals surface area contributed by atoms with Crippen LogP contribution >= 0.6 is 0 Å². The zero-order valence-electron chi connectivity index (χ0n) is 39.5. The first-order valence-corrected chi connectivity index (χ1v) is 21.6. The van der Waals surface area contributed by atoms with Gasteiger partial charge in [-0.15, -0.1) is 0 Å². The number of nitrogens with two attached hydrogens (primary N) is 2. The molecule has 406 valence electrons. The predicted octanol–water partition coefficient (Wildman–Crippen LogP) is -4.00. The normalized spacial score (nSPS) is 15.9. The van der Waals surface area contributed by atoms with Gasteiger partial charge < -0.3 is 78.8 Å². The van der Waals surface area contributed by atoms with Crippen molar-refractivity contribution in [3.63, 3.8) is 0 Å². The van der Waals surface area contributed by atoms with Gasteiger partial charge in [0.1, 0.15) is 49.5 Å². The van der Waals surface area contributed by atoms with Crippen LogP contribution in [0.3, 0.4) is 0 Å². The second-order valence-corrected chi connectivity index (χ2v) is 16.6. The van der Waals surface area contributed by atoms with Gasteiger partial charge >= 0.3 is 30.3 Å². The van der Waals surface area contributed by atoms with E-state index < -0.39 is 170 Å². The van der Waals surface area contributed by atoms with Crippen molar-refractivity contribution in [3.05, 3.63) is 0 Å². The standard InChI is InChI=1S/C39H63F6N11O15/c1-8-17(6)25(55-28(60)19(10-9-11-49-37(47)48)52-32(64)24(15(2)3)54-30(62)23(46)27(59)16(4)5)33(65)56-26(18(7)57)31(63)50-12-22(58)51-20(13-70-35(68)38(40,41)42)29(61)53-21(34(66)67)14-71-36(69)39(43,44)45/h15-21,23-27,57,59H,8-14,46H2,1-7H3,(H,50,63)(H,51,58)(H,52,64)(H,53,61)(H,54,62)(H,55,60)(H,56,65)(H,66,67)(H4,47,48,49)/t17-,18-,19+,20-,21-,23-,24-,25-,26-,27+/m0/s1. The number of halogens is 6. The van der Waals surface area contributed by atoms with Crippen LogP contribution in [0.15, 0.2) is 0 Å². The Labute approximate surface area is 402 Å². The van der Waals surface area contributed by atoms with Gasteiger partial charge in [-0.1, -0.05) is 48.0 Å². The van der Waals surface area contributed by atoms with Gasteiger partial charge in [-0.05, 0) is 37.5 Å². The van der Waals surface area contributed by atoms with Crippen LogP contribution in [0.1, 0.15) is 67.7 Å². The number of aliphatic hydroxyl groups excluding tert-OH is 2. The van der Waals surface area contributed by atoms with E-state index in [1.165, 1.54) is 12.2 Å². The van der Waals surface area contributed by atoms with Gasteiger partial charge in [-0.2, -0.15) is 26.3 Å². The first-order valence-electron chi connectivity index (χ1n) is 21.6. The molecular formula is C39H63F6N11O15. The summed E-state index contributed by atoms with van der Waals surface area (Å²) in [5, 5.41) is 54.8. The lowest BCUT2D eigenvalue weighted by Gasteiger charge is -2.30. The molecule has 0 aliphatic carbocycles. The number of carbonyl (C=O) groups is 10. The minimum Gasteiger partial charge on any atom is -0.480 e. The molecule has 32 heteroatoms. The van der Waals surface area contributed by atoms with Crippen molar-refractivity contribution in [2.75, 3.05) is 26.3 Å². The van der Waals surface area contributed by atoms with Crippen molar-refractivity contribution >= 4 is 65.2 Å². The minimum atomic E-state index is -5.66. The maximum Gasteiger partial charge on any atom is 0.490 e.